The van der Waals surface area contributed by atoms with Crippen LogP contribution in [0.5, 0.6) is 0 Å². The minimum atomic E-state index is -0.305. The second-order valence-corrected chi connectivity index (χ2v) is 6.26. The van der Waals surface area contributed by atoms with E-state index in [4.69, 9.17) is 0 Å². The zero-order valence-electron chi connectivity index (χ0n) is 13.6. The van der Waals surface area contributed by atoms with Crippen LogP contribution in [0.25, 0.3) is 0 Å². The third kappa shape index (κ3) is 5.32. The maximum Gasteiger partial charge on any atom is 0.270 e. The molecule has 2 aromatic rings. The zero-order chi connectivity index (χ0) is 16.9. The van der Waals surface area contributed by atoms with Gasteiger partial charge in [-0.3, -0.25) is 4.79 Å². The van der Waals surface area contributed by atoms with Gasteiger partial charge in [-0.05, 0) is 38.8 Å². The smallest absolute Gasteiger partial charge is 0.270 e. The standard InChI is InChI=1S/C17H21FN4O/c1-17(2,3)22-15-10-14(20-11-21-15)16(23)19-9-8-12-6-4-5-7-13(12)18/h4-7,10-11H,8-9H2,1-3H3,(H,19,23)(H,20,21,22). The number of aromatic nitrogens is 2. The Labute approximate surface area is 135 Å². The first-order valence-corrected chi connectivity index (χ1v) is 7.47. The van der Waals surface area contributed by atoms with E-state index < -0.39 is 0 Å². The van der Waals surface area contributed by atoms with Crippen LogP contribution in [0.3, 0.4) is 0 Å². The molecule has 0 aliphatic carbocycles. The second-order valence-electron chi connectivity index (χ2n) is 6.26. The van der Waals surface area contributed by atoms with E-state index in [-0.39, 0.29) is 23.0 Å². The van der Waals surface area contributed by atoms with Crippen molar-refractivity contribution in [1.29, 1.82) is 0 Å². The lowest BCUT2D eigenvalue weighted by atomic mass is 10.1. The molecular formula is C17H21FN4O. The molecular weight excluding hydrogens is 295 g/mol. The van der Waals surface area contributed by atoms with Gasteiger partial charge in [-0.1, -0.05) is 18.2 Å². The van der Waals surface area contributed by atoms with E-state index in [1.807, 2.05) is 20.8 Å². The molecule has 1 amide bonds. The molecule has 0 aliphatic heterocycles. The average Bonchev–Trinajstić information content (AvgIpc) is 2.47. The molecule has 0 atom stereocenters. The van der Waals surface area contributed by atoms with Gasteiger partial charge in [0.1, 0.15) is 23.7 Å². The molecule has 23 heavy (non-hydrogen) atoms. The lowest BCUT2D eigenvalue weighted by Gasteiger charge is -2.21. The van der Waals surface area contributed by atoms with E-state index in [0.717, 1.165) is 0 Å². The van der Waals surface area contributed by atoms with Crippen molar-refractivity contribution in [3.05, 3.63) is 53.7 Å². The molecule has 1 aromatic heterocycles. The Morgan fingerprint density at radius 3 is 2.65 bits per heavy atom. The highest BCUT2D eigenvalue weighted by Gasteiger charge is 2.13. The van der Waals surface area contributed by atoms with E-state index in [1.165, 1.54) is 12.4 Å². The van der Waals surface area contributed by atoms with Crippen molar-refractivity contribution < 1.29 is 9.18 Å². The Morgan fingerprint density at radius 2 is 1.96 bits per heavy atom. The molecule has 0 aliphatic rings. The van der Waals surface area contributed by atoms with Crippen molar-refractivity contribution in [2.45, 2.75) is 32.7 Å². The van der Waals surface area contributed by atoms with Gasteiger partial charge >= 0.3 is 0 Å². The van der Waals surface area contributed by atoms with Gasteiger partial charge in [-0.15, -0.1) is 0 Å². The number of nitrogens with zero attached hydrogens (tertiary/aromatic N) is 2. The van der Waals surface area contributed by atoms with Crippen LogP contribution in [0.4, 0.5) is 10.2 Å². The summed E-state index contributed by atoms with van der Waals surface area (Å²) >= 11 is 0. The third-order valence-corrected chi connectivity index (χ3v) is 3.04. The van der Waals surface area contributed by atoms with Gasteiger partial charge in [-0.2, -0.15) is 0 Å². The fourth-order valence-electron chi connectivity index (χ4n) is 2.04. The van der Waals surface area contributed by atoms with Crippen LogP contribution < -0.4 is 10.6 Å². The number of amides is 1. The second kappa shape index (κ2) is 7.17. The molecule has 122 valence electrons. The summed E-state index contributed by atoms with van der Waals surface area (Å²) in [5, 5.41) is 5.93. The molecule has 0 saturated carbocycles. The van der Waals surface area contributed by atoms with Crippen LogP contribution in [0.15, 0.2) is 36.7 Å². The Balaban J connectivity index is 1.93. The lowest BCUT2D eigenvalue weighted by Crippen LogP contribution is -2.29. The number of nitrogens with one attached hydrogen (secondary N) is 2. The SMILES string of the molecule is CC(C)(C)Nc1cc(C(=O)NCCc2ccccc2F)ncn1. The van der Waals surface area contributed by atoms with Crippen LogP contribution >= 0.6 is 0 Å². The van der Waals surface area contributed by atoms with Crippen LogP contribution in [-0.2, 0) is 6.42 Å². The molecule has 5 nitrogen and oxygen atoms in total. The first kappa shape index (κ1) is 16.9. The van der Waals surface area contributed by atoms with Crippen molar-refractivity contribution in [1.82, 2.24) is 15.3 Å². The molecule has 0 bridgehead atoms. The predicted octanol–water partition coefficient (Wildman–Crippen LogP) is 2.80. The van der Waals surface area contributed by atoms with Gasteiger partial charge in [0.15, 0.2) is 0 Å². The number of hydrogen-bond acceptors (Lipinski definition) is 4. The van der Waals surface area contributed by atoms with Crippen LogP contribution in [0, 0.1) is 5.82 Å². The molecule has 0 fully saturated rings. The van der Waals surface area contributed by atoms with Gasteiger partial charge in [0.05, 0.1) is 0 Å². The third-order valence-electron chi connectivity index (χ3n) is 3.04. The normalized spacial score (nSPS) is 11.1. The van der Waals surface area contributed by atoms with E-state index in [0.29, 0.717) is 24.3 Å². The number of halogens is 1. The first-order valence-electron chi connectivity index (χ1n) is 7.47. The van der Waals surface area contributed by atoms with E-state index in [1.54, 1.807) is 24.3 Å². The topological polar surface area (TPSA) is 66.9 Å². The van der Waals surface area contributed by atoms with E-state index >= 15 is 0 Å². The largest absolute Gasteiger partial charge is 0.365 e. The van der Waals surface area contributed by atoms with Crippen molar-refractivity contribution in [2.75, 3.05) is 11.9 Å². The van der Waals surface area contributed by atoms with E-state index in [2.05, 4.69) is 20.6 Å². The van der Waals surface area contributed by atoms with Gasteiger partial charge in [-0.25, -0.2) is 14.4 Å². The van der Waals surface area contributed by atoms with Gasteiger partial charge in [0.2, 0.25) is 0 Å². The average molecular weight is 316 g/mol. The maximum atomic E-state index is 13.5. The molecule has 2 N–H and O–H groups in total. The first-order chi connectivity index (χ1) is 10.8. The zero-order valence-corrected chi connectivity index (χ0v) is 13.6. The summed E-state index contributed by atoms with van der Waals surface area (Å²) in [6.07, 6.45) is 1.77. The van der Waals surface area contributed by atoms with Gasteiger partial charge < -0.3 is 10.6 Å². The fourth-order valence-corrected chi connectivity index (χ4v) is 2.04. The van der Waals surface area contributed by atoms with Gasteiger partial charge in [0, 0.05) is 18.2 Å². The molecule has 0 radical (unpaired) electrons. The summed E-state index contributed by atoms with van der Waals surface area (Å²) in [5.74, 6) is 0.0212. The molecule has 0 unspecified atom stereocenters. The molecule has 2 rings (SSSR count). The van der Waals surface area contributed by atoms with Crippen molar-refractivity contribution in [3.8, 4) is 0 Å². The number of hydrogen-bond donors (Lipinski definition) is 2. The summed E-state index contributed by atoms with van der Waals surface area (Å²) < 4.78 is 13.5. The Morgan fingerprint density at radius 1 is 1.22 bits per heavy atom. The summed E-state index contributed by atoms with van der Waals surface area (Å²) in [5.41, 5.74) is 0.693. The quantitative estimate of drug-likeness (QED) is 0.890. The number of carbonyl (C=O) groups is 1. The summed E-state index contributed by atoms with van der Waals surface area (Å²) in [7, 11) is 0. The summed E-state index contributed by atoms with van der Waals surface area (Å²) in [6.45, 7) is 6.35. The number of rotatable bonds is 5. The van der Waals surface area contributed by atoms with Crippen LogP contribution in [0.1, 0.15) is 36.8 Å². The van der Waals surface area contributed by atoms with E-state index in [9.17, 15) is 9.18 Å². The van der Waals surface area contributed by atoms with Crippen LogP contribution in [-0.4, -0.2) is 28.0 Å². The molecule has 0 saturated heterocycles. The fraction of sp³-hybridized carbons (Fsp3) is 0.353. The number of carbonyl (C=O) groups excluding carboxylic acids is 1. The number of benzene rings is 1. The highest BCUT2D eigenvalue weighted by atomic mass is 19.1. The van der Waals surface area contributed by atoms with Crippen molar-refractivity contribution in [3.63, 3.8) is 0 Å². The summed E-state index contributed by atoms with van der Waals surface area (Å²) in [6, 6.07) is 8.13. The molecule has 1 aromatic carbocycles. The molecule has 6 heteroatoms. The molecule has 1 heterocycles. The lowest BCUT2D eigenvalue weighted by molar-refractivity contribution is 0.0949. The highest BCUT2D eigenvalue weighted by Crippen LogP contribution is 2.12. The van der Waals surface area contributed by atoms with Crippen LogP contribution in [0.2, 0.25) is 0 Å². The monoisotopic (exact) mass is 316 g/mol. The Kier molecular flexibility index (Phi) is 5.26. The highest BCUT2D eigenvalue weighted by molar-refractivity contribution is 5.92. The number of anilines is 1. The van der Waals surface area contributed by atoms with Crippen molar-refractivity contribution in [2.24, 2.45) is 0 Å². The summed E-state index contributed by atoms with van der Waals surface area (Å²) in [4.78, 5) is 20.2. The maximum absolute atomic E-state index is 13.5. The predicted molar refractivity (Wildman–Crippen MR) is 87.8 cm³/mol. The van der Waals surface area contributed by atoms with Gasteiger partial charge in [0.25, 0.3) is 5.91 Å². The minimum Gasteiger partial charge on any atom is -0.365 e. The Hall–Kier alpha value is -2.50. The molecule has 0 spiro atoms. The minimum absolute atomic E-state index is 0.160. The Bertz CT molecular complexity index is 682. The van der Waals surface area contributed by atoms with Crippen molar-refractivity contribution >= 4 is 11.7 Å².